The van der Waals surface area contributed by atoms with Crippen molar-refractivity contribution in [3.8, 4) is 0 Å². The first-order valence-corrected chi connectivity index (χ1v) is 5.26. The zero-order chi connectivity index (χ0) is 11.3. The predicted molar refractivity (Wildman–Crippen MR) is 56.6 cm³/mol. The third-order valence-electron chi connectivity index (χ3n) is 2.48. The van der Waals surface area contributed by atoms with Gasteiger partial charge in [0.15, 0.2) is 5.82 Å². The Bertz CT molecular complexity index is 284. The van der Waals surface area contributed by atoms with Crippen molar-refractivity contribution in [2.24, 2.45) is 5.73 Å². The number of nitrogens with zero attached hydrogens (tertiary/aromatic N) is 2. The third kappa shape index (κ3) is 3.28. The molecular formula is C10H19N3O2. The molecule has 0 aliphatic carbocycles. The maximum atomic E-state index is 5.60. The van der Waals surface area contributed by atoms with Gasteiger partial charge in [0, 0.05) is 20.1 Å². The molecule has 5 nitrogen and oxygen atoms in total. The van der Waals surface area contributed by atoms with Crippen molar-refractivity contribution < 1.29 is 9.26 Å². The highest BCUT2D eigenvalue weighted by Gasteiger charge is 2.16. The van der Waals surface area contributed by atoms with Crippen LogP contribution in [0, 0.1) is 0 Å². The van der Waals surface area contributed by atoms with Gasteiger partial charge >= 0.3 is 0 Å². The van der Waals surface area contributed by atoms with Gasteiger partial charge in [-0.15, -0.1) is 0 Å². The number of hydrogen-bond donors (Lipinski definition) is 1. The number of methoxy groups -OCH3 is 1. The Kier molecular flexibility index (Phi) is 4.71. The van der Waals surface area contributed by atoms with E-state index in [9.17, 15) is 0 Å². The summed E-state index contributed by atoms with van der Waals surface area (Å²) in [5.41, 5.74) is 5.60. The van der Waals surface area contributed by atoms with Gasteiger partial charge in [-0.3, -0.25) is 0 Å². The van der Waals surface area contributed by atoms with E-state index in [4.69, 9.17) is 15.0 Å². The Balaban J connectivity index is 2.63. The van der Waals surface area contributed by atoms with Crippen LogP contribution in [-0.2, 0) is 11.2 Å². The minimum absolute atomic E-state index is 0.105. The molecule has 0 saturated carbocycles. The maximum Gasteiger partial charge on any atom is 0.231 e. The molecule has 1 aromatic heterocycles. The molecule has 0 aliphatic heterocycles. The van der Waals surface area contributed by atoms with Crippen LogP contribution in [0.2, 0.25) is 0 Å². The van der Waals surface area contributed by atoms with Crippen LogP contribution in [0.25, 0.3) is 0 Å². The lowest BCUT2D eigenvalue weighted by Gasteiger charge is -2.05. The van der Waals surface area contributed by atoms with E-state index in [1.807, 2.05) is 6.92 Å². The fraction of sp³-hybridized carbons (Fsp3) is 0.800. The van der Waals surface area contributed by atoms with E-state index in [-0.39, 0.29) is 12.0 Å². The first-order valence-electron chi connectivity index (χ1n) is 5.26. The van der Waals surface area contributed by atoms with Crippen LogP contribution in [-0.4, -0.2) is 29.9 Å². The highest BCUT2D eigenvalue weighted by molar-refractivity contribution is 4.95. The lowest BCUT2D eigenvalue weighted by atomic mass is 10.1. The Morgan fingerprint density at radius 1 is 1.53 bits per heavy atom. The van der Waals surface area contributed by atoms with Gasteiger partial charge in [-0.1, -0.05) is 12.1 Å². The Morgan fingerprint density at radius 2 is 2.27 bits per heavy atom. The van der Waals surface area contributed by atoms with Crippen molar-refractivity contribution in [1.29, 1.82) is 0 Å². The van der Waals surface area contributed by atoms with Gasteiger partial charge in [-0.05, 0) is 13.3 Å². The topological polar surface area (TPSA) is 74.2 Å². The minimum Gasteiger partial charge on any atom is -0.381 e. The van der Waals surface area contributed by atoms with E-state index in [0.717, 1.165) is 6.42 Å². The van der Waals surface area contributed by atoms with Gasteiger partial charge in [0.1, 0.15) is 0 Å². The molecule has 15 heavy (non-hydrogen) atoms. The SMILES string of the molecule is CCC(CN)c1nc(CC(C)OC)no1. The fourth-order valence-corrected chi connectivity index (χ4v) is 1.30. The quantitative estimate of drug-likeness (QED) is 0.766. The molecule has 0 fully saturated rings. The second-order valence-electron chi connectivity index (χ2n) is 3.64. The molecule has 0 amide bonds. The molecule has 5 heteroatoms. The molecule has 86 valence electrons. The zero-order valence-electron chi connectivity index (χ0n) is 9.56. The van der Waals surface area contributed by atoms with E-state index in [0.29, 0.717) is 24.7 Å². The molecule has 0 aromatic carbocycles. The first-order chi connectivity index (χ1) is 7.21. The molecule has 1 rings (SSSR count). The van der Waals surface area contributed by atoms with Gasteiger partial charge in [0.05, 0.1) is 12.0 Å². The van der Waals surface area contributed by atoms with Crippen LogP contribution in [0.5, 0.6) is 0 Å². The highest BCUT2D eigenvalue weighted by atomic mass is 16.5. The van der Waals surface area contributed by atoms with Crippen LogP contribution in [0.15, 0.2) is 4.52 Å². The van der Waals surface area contributed by atoms with Crippen molar-refractivity contribution in [3.63, 3.8) is 0 Å². The number of rotatable bonds is 6. The molecule has 2 atom stereocenters. The number of ether oxygens (including phenoxy) is 1. The van der Waals surface area contributed by atoms with E-state index >= 15 is 0 Å². The van der Waals surface area contributed by atoms with E-state index in [1.165, 1.54) is 0 Å². The van der Waals surface area contributed by atoms with Gasteiger partial charge < -0.3 is 15.0 Å². The first kappa shape index (κ1) is 12.1. The van der Waals surface area contributed by atoms with Gasteiger partial charge in [-0.2, -0.15) is 4.98 Å². The van der Waals surface area contributed by atoms with E-state index in [1.54, 1.807) is 7.11 Å². The molecular weight excluding hydrogens is 194 g/mol. The monoisotopic (exact) mass is 213 g/mol. The molecule has 0 radical (unpaired) electrons. The van der Waals surface area contributed by atoms with Gasteiger partial charge in [0.25, 0.3) is 0 Å². The third-order valence-corrected chi connectivity index (χ3v) is 2.48. The van der Waals surface area contributed by atoms with Crippen molar-refractivity contribution in [3.05, 3.63) is 11.7 Å². The van der Waals surface area contributed by atoms with Crippen LogP contribution < -0.4 is 5.73 Å². The normalized spacial score (nSPS) is 15.2. The summed E-state index contributed by atoms with van der Waals surface area (Å²) < 4.78 is 10.3. The summed E-state index contributed by atoms with van der Waals surface area (Å²) in [6, 6.07) is 0. The number of hydrogen-bond acceptors (Lipinski definition) is 5. The predicted octanol–water partition coefficient (Wildman–Crippen LogP) is 1.10. The number of nitrogens with two attached hydrogens (primary N) is 1. The van der Waals surface area contributed by atoms with Crippen LogP contribution in [0.4, 0.5) is 0 Å². The summed E-state index contributed by atoms with van der Waals surface area (Å²) in [4.78, 5) is 4.30. The Hall–Kier alpha value is -0.940. The molecule has 0 spiro atoms. The summed E-state index contributed by atoms with van der Waals surface area (Å²) in [7, 11) is 1.67. The van der Waals surface area contributed by atoms with Crippen LogP contribution in [0.1, 0.15) is 37.9 Å². The van der Waals surface area contributed by atoms with Crippen molar-refractivity contribution in [2.75, 3.05) is 13.7 Å². The van der Waals surface area contributed by atoms with Gasteiger partial charge in [0.2, 0.25) is 5.89 Å². The average Bonchev–Trinajstić information content (AvgIpc) is 2.68. The molecule has 0 bridgehead atoms. The molecule has 0 saturated heterocycles. The largest absolute Gasteiger partial charge is 0.381 e. The molecule has 0 aliphatic rings. The number of aromatic nitrogens is 2. The van der Waals surface area contributed by atoms with Crippen molar-refractivity contribution in [1.82, 2.24) is 10.1 Å². The lowest BCUT2D eigenvalue weighted by molar-refractivity contribution is 0.116. The van der Waals surface area contributed by atoms with Gasteiger partial charge in [-0.25, -0.2) is 0 Å². The van der Waals surface area contributed by atoms with Crippen LogP contribution >= 0.6 is 0 Å². The summed E-state index contributed by atoms with van der Waals surface area (Å²) in [5, 5.41) is 3.90. The van der Waals surface area contributed by atoms with E-state index < -0.39 is 0 Å². The maximum absolute atomic E-state index is 5.60. The fourth-order valence-electron chi connectivity index (χ4n) is 1.30. The van der Waals surface area contributed by atoms with E-state index in [2.05, 4.69) is 17.1 Å². The highest BCUT2D eigenvalue weighted by Crippen LogP contribution is 2.16. The summed E-state index contributed by atoms with van der Waals surface area (Å²) >= 11 is 0. The summed E-state index contributed by atoms with van der Waals surface area (Å²) in [6.45, 7) is 4.56. The Morgan fingerprint density at radius 3 is 2.80 bits per heavy atom. The summed E-state index contributed by atoms with van der Waals surface area (Å²) in [6.07, 6.45) is 1.69. The van der Waals surface area contributed by atoms with Crippen molar-refractivity contribution >= 4 is 0 Å². The van der Waals surface area contributed by atoms with Crippen molar-refractivity contribution in [2.45, 2.75) is 38.7 Å². The lowest BCUT2D eigenvalue weighted by Crippen LogP contribution is -2.12. The molecule has 1 heterocycles. The molecule has 1 aromatic rings. The molecule has 2 N–H and O–H groups in total. The Labute approximate surface area is 90.0 Å². The minimum atomic E-state index is 0.105. The average molecular weight is 213 g/mol. The second-order valence-corrected chi connectivity index (χ2v) is 3.64. The standard InChI is InChI=1S/C10H19N3O2/c1-4-8(6-11)10-12-9(13-15-10)5-7(2)14-3/h7-8H,4-6,11H2,1-3H3. The zero-order valence-corrected chi connectivity index (χ0v) is 9.56. The molecule has 2 unspecified atom stereocenters. The summed E-state index contributed by atoms with van der Waals surface area (Å²) in [5.74, 6) is 1.49. The van der Waals surface area contributed by atoms with Crippen LogP contribution in [0.3, 0.4) is 0 Å². The smallest absolute Gasteiger partial charge is 0.231 e. The second kappa shape index (κ2) is 5.82.